The molecule has 0 unspecified atom stereocenters. The highest BCUT2D eigenvalue weighted by molar-refractivity contribution is 6.31. The van der Waals surface area contributed by atoms with Crippen LogP contribution in [0.5, 0.6) is 0 Å². The fraction of sp³-hybridized carbons (Fsp3) is 0.125. The number of rotatable bonds is 5. The first-order valence-corrected chi connectivity index (χ1v) is 7.20. The Morgan fingerprint density at radius 1 is 1.14 bits per heavy atom. The average molecular weight is 317 g/mol. The molecule has 0 atom stereocenters. The second kappa shape index (κ2) is 6.68. The van der Waals surface area contributed by atoms with Crippen molar-refractivity contribution in [3.8, 4) is 5.82 Å². The number of hydrogen-bond donors (Lipinski definition) is 1. The molecular weight excluding hydrogens is 303 g/mol. The molecule has 0 aliphatic heterocycles. The van der Waals surface area contributed by atoms with E-state index in [1.165, 1.54) is 6.07 Å². The lowest BCUT2D eigenvalue weighted by atomic mass is 10.2. The Hall–Kier alpha value is -2.24. The molecule has 0 spiro atoms. The zero-order chi connectivity index (χ0) is 15.4. The Labute approximate surface area is 132 Å². The van der Waals surface area contributed by atoms with Gasteiger partial charge in [-0.3, -0.25) is 0 Å². The van der Waals surface area contributed by atoms with Crippen LogP contribution >= 0.6 is 11.6 Å². The summed E-state index contributed by atoms with van der Waals surface area (Å²) in [7, 11) is 0. The van der Waals surface area contributed by atoms with Gasteiger partial charge in [-0.25, -0.2) is 14.1 Å². The molecule has 3 aromatic rings. The number of nitrogens with one attached hydrogen (secondary N) is 1. The smallest absolute Gasteiger partial charge is 0.153 e. The normalized spacial score (nSPS) is 10.8. The number of benzene rings is 1. The molecule has 112 valence electrons. The monoisotopic (exact) mass is 316 g/mol. The summed E-state index contributed by atoms with van der Waals surface area (Å²) >= 11 is 6.00. The van der Waals surface area contributed by atoms with E-state index in [0.29, 0.717) is 23.7 Å². The van der Waals surface area contributed by atoms with Crippen LogP contribution in [0.3, 0.4) is 0 Å². The maximum absolute atomic E-state index is 13.7. The van der Waals surface area contributed by atoms with E-state index in [2.05, 4.69) is 15.4 Å². The van der Waals surface area contributed by atoms with Crippen LogP contribution in [0, 0.1) is 5.82 Å². The van der Waals surface area contributed by atoms with E-state index in [0.717, 1.165) is 11.4 Å². The van der Waals surface area contributed by atoms with Gasteiger partial charge in [-0.1, -0.05) is 17.7 Å². The molecule has 0 saturated heterocycles. The maximum atomic E-state index is 13.7. The van der Waals surface area contributed by atoms with Crippen molar-refractivity contribution < 1.29 is 4.39 Å². The number of pyridine rings is 1. The van der Waals surface area contributed by atoms with E-state index in [1.807, 2.05) is 24.4 Å². The van der Waals surface area contributed by atoms with Gasteiger partial charge >= 0.3 is 0 Å². The summed E-state index contributed by atoms with van der Waals surface area (Å²) in [4.78, 5) is 4.27. The van der Waals surface area contributed by atoms with Gasteiger partial charge in [0, 0.05) is 42.3 Å². The number of hydrogen-bond acceptors (Lipinski definition) is 3. The first-order valence-electron chi connectivity index (χ1n) is 6.82. The van der Waals surface area contributed by atoms with Gasteiger partial charge in [-0.15, -0.1) is 0 Å². The molecule has 0 saturated carbocycles. The van der Waals surface area contributed by atoms with E-state index in [4.69, 9.17) is 11.6 Å². The van der Waals surface area contributed by atoms with E-state index in [9.17, 15) is 4.39 Å². The SMILES string of the molecule is Fc1cccc(Cl)c1CNCc1ccnc(-n2cccn2)c1. The zero-order valence-electron chi connectivity index (χ0n) is 11.7. The Bertz CT molecular complexity index is 738. The lowest BCUT2D eigenvalue weighted by molar-refractivity contribution is 0.588. The Morgan fingerprint density at radius 3 is 2.82 bits per heavy atom. The van der Waals surface area contributed by atoms with Crippen LogP contribution < -0.4 is 5.32 Å². The summed E-state index contributed by atoms with van der Waals surface area (Å²) in [6.07, 6.45) is 5.26. The summed E-state index contributed by atoms with van der Waals surface area (Å²) < 4.78 is 15.4. The van der Waals surface area contributed by atoms with Gasteiger partial charge in [0.25, 0.3) is 0 Å². The summed E-state index contributed by atoms with van der Waals surface area (Å²) in [6, 6.07) is 10.4. The highest BCUT2D eigenvalue weighted by Gasteiger charge is 2.06. The van der Waals surface area contributed by atoms with Crippen LogP contribution in [0.4, 0.5) is 4.39 Å². The van der Waals surface area contributed by atoms with Gasteiger partial charge in [0.15, 0.2) is 5.82 Å². The minimum absolute atomic E-state index is 0.299. The molecule has 2 heterocycles. The fourth-order valence-electron chi connectivity index (χ4n) is 2.13. The first kappa shape index (κ1) is 14.7. The largest absolute Gasteiger partial charge is 0.308 e. The molecule has 1 aromatic carbocycles. The molecule has 6 heteroatoms. The van der Waals surface area contributed by atoms with Crippen molar-refractivity contribution in [1.82, 2.24) is 20.1 Å². The van der Waals surface area contributed by atoms with Crippen molar-refractivity contribution in [2.24, 2.45) is 0 Å². The number of aromatic nitrogens is 3. The highest BCUT2D eigenvalue weighted by Crippen LogP contribution is 2.18. The molecule has 0 aliphatic carbocycles. The van der Waals surface area contributed by atoms with E-state index < -0.39 is 0 Å². The molecular formula is C16H14ClFN4. The lowest BCUT2D eigenvalue weighted by Crippen LogP contribution is -2.14. The summed E-state index contributed by atoms with van der Waals surface area (Å²) in [5.41, 5.74) is 1.51. The van der Waals surface area contributed by atoms with Gasteiger partial charge in [-0.2, -0.15) is 5.10 Å². The second-order valence-corrected chi connectivity index (χ2v) is 5.18. The zero-order valence-corrected chi connectivity index (χ0v) is 12.5. The van der Waals surface area contributed by atoms with Crippen molar-refractivity contribution in [1.29, 1.82) is 0 Å². The third-order valence-corrected chi connectivity index (χ3v) is 3.60. The Kier molecular flexibility index (Phi) is 4.46. The molecule has 3 rings (SSSR count). The van der Waals surface area contributed by atoms with Crippen LogP contribution in [0.2, 0.25) is 5.02 Å². The summed E-state index contributed by atoms with van der Waals surface area (Å²) in [5.74, 6) is 0.445. The predicted molar refractivity (Wildman–Crippen MR) is 83.3 cm³/mol. The molecule has 1 N–H and O–H groups in total. The molecule has 4 nitrogen and oxygen atoms in total. The van der Waals surface area contributed by atoms with Gasteiger partial charge in [0.05, 0.1) is 0 Å². The van der Waals surface area contributed by atoms with Crippen LogP contribution in [0.25, 0.3) is 5.82 Å². The molecule has 0 radical (unpaired) electrons. The van der Waals surface area contributed by atoms with Gasteiger partial charge in [-0.05, 0) is 35.9 Å². The van der Waals surface area contributed by atoms with Crippen LogP contribution in [0.1, 0.15) is 11.1 Å². The number of halogens is 2. The minimum atomic E-state index is -0.299. The van der Waals surface area contributed by atoms with E-state index >= 15 is 0 Å². The van der Waals surface area contributed by atoms with Crippen molar-refractivity contribution in [2.45, 2.75) is 13.1 Å². The summed E-state index contributed by atoms with van der Waals surface area (Å²) in [5, 5.41) is 7.77. The van der Waals surface area contributed by atoms with Crippen molar-refractivity contribution in [2.75, 3.05) is 0 Å². The quantitative estimate of drug-likeness (QED) is 0.785. The molecule has 0 bridgehead atoms. The van der Waals surface area contributed by atoms with Crippen molar-refractivity contribution in [3.63, 3.8) is 0 Å². The highest BCUT2D eigenvalue weighted by atomic mass is 35.5. The minimum Gasteiger partial charge on any atom is -0.308 e. The molecule has 0 fully saturated rings. The molecule has 22 heavy (non-hydrogen) atoms. The molecule has 2 aromatic heterocycles. The number of nitrogens with zero attached hydrogens (tertiary/aromatic N) is 3. The standard InChI is InChI=1S/C16H14ClFN4/c17-14-3-1-4-15(18)13(14)11-19-10-12-5-7-20-16(9-12)22-8-2-6-21-22/h1-9,19H,10-11H2. The van der Waals surface area contributed by atoms with Crippen molar-refractivity contribution in [3.05, 3.63) is 77.0 Å². The van der Waals surface area contributed by atoms with Crippen LogP contribution in [-0.4, -0.2) is 14.8 Å². The molecule has 0 amide bonds. The third kappa shape index (κ3) is 3.32. The Morgan fingerprint density at radius 2 is 2.05 bits per heavy atom. The topological polar surface area (TPSA) is 42.7 Å². The van der Waals surface area contributed by atoms with Gasteiger partial charge in [0.1, 0.15) is 5.82 Å². The van der Waals surface area contributed by atoms with E-state index in [1.54, 1.807) is 29.2 Å². The molecule has 0 aliphatic rings. The first-order chi connectivity index (χ1) is 10.7. The second-order valence-electron chi connectivity index (χ2n) is 4.78. The van der Waals surface area contributed by atoms with Crippen LogP contribution in [0.15, 0.2) is 55.0 Å². The average Bonchev–Trinajstić information content (AvgIpc) is 3.05. The Balaban J connectivity index is 1.66. The van der Waals surface area contributed by atoms with E-state index in [-0.39, 0.29) is 5.82 Å². The van der Waals surface area contributed by atoms with Gasteiger partial charge in [0.2, 0.25) is 0 Å². The third-order valence-electron chi connectivity index (χ3n) is 3.24. The fourth-order valence-corrected chi connectivity index (χ4v) is 2.36. The summed E-state index contributed by atoms with van der Waals surface area (Å²) in [6.45, 7) is 0.951. The predicted octanol–water partition coefficient (Wildman–Crippen LogP) is 3.35. The maximum Gasteiger partial charge on any atom is 0.153 e. The van der Waals surface area contributed by atoms with Crippen molar-refractivity contribution >= 4 is 11.6 Å². The van der Waals surface area contributed by atoms with Crippen LogP contribution in [-0.2, 0) is 13.1 Å². The van der Waals surface area contributed by atoms with Gasteiger partial charge < -0.3 is 5.32 Å². The lowest BCUT2D eigenvalue weighted by Gasteiger charge is -2.09.